The summed E-state index contributed by atoms with van der Waals surface area (Å²) in [6.07, 6.45) is 1.73. The topological polar surface area (TPSA) is 331 Å². The summed E-state index contributed by atoms with van der Waals surface area (Å²) in [6.45, 7) is 9.30. The van der Waals surface area contributed by atoms with Crippen molar-refractivity contribution in [2.75, 3.05) is 57.4 Å². The number of amidine groups is 4. The Morgan fingerprint density at radius 2 is 1.06 bits per heavy atom. The second kappa shape index (κ2) is 21.9. The van der Waals surface area contributed by atoms with E-state index in [4.69, 9.17) is 40.6 Å². The number of carbonyl (C=O) groups excluding carboxylic acids is 3. The fourth-order valence-electron chi connectivity index (χ4n) is 13.9. The molecule has 0 bridgehead atoms. The number of amides is 2. The zero-order valence-corrected chi connectivity index (χ0v) is 53.2. The predicted octanol–water partition coefficient (Wildman–Crippen LogP) is 3.18. The molecule has 6 aliphatic heterocycles. The number of aromatic nitrogens is 2. The van der Waals surface area contributed by atoms with Gasteiger partial charge in [-0.15, -0.1) is 0 Å². The number of aliphatic imine (C=N–C) groups is 2. The average Bonchev–Trinajstić information content (AvgIpc) is 1.52. The van der Waals surface area contributed by atoms with Crippen LogP contribution in [0.15, 0.2) is 117 Å². The molecule has 26 nitrogen and oxygen atoms in total. The third-order valence-electron chi connectivity index (χ3n) is 17.0. The van der Waals surface area contributed by atoms with Crippen molar-refractivity contribution in [3.63, 3.8) is 0 Å². The van der Waals surface area contributed by atoms with Crippen LogP contribution in [0.5, 0.6) is 0 Å². The van der Waals surface area contributed by atoms with Gasteiger partial charge in [-0.05, 0) is 12.8 Å². The molecule has 8 heterocycles. The van der Waals surface area contributed by atoms with Crippen molar-refractivity contribution in [2.45, 2.75) is 76.8 Å². The molecule has 1 spiro atoms. The maximum absolute atomic E-state index is 13.8. The molecular formula is C56H69N13O13S2Si3. The molecule has 0 saturated carbocycles. The van der Waals surface area contributed by atoms with Crippen LogP contribution in [-0.2, 0) is 56.7 Å². The van der Waals surface area contributed by atoms with Gasteiger partial charge in [0.05, 0.1) is 11.5 Å². The standard InChI is InChI=1S/C56H69N13O13S2Si3/c1-85(2,34-14-27-59-46(70)26-13-29-65(30-16-32-83(73,74)75)31-17-33-84(76,77)80-58)81-87(82-86(3,4)35-15-28-60-47(71)36-78-37-48(72)79-57)66-49-38-18-5-6-19-39(38)50(66)62-52-42-22-9-10-23-43(42)54(68(52)87)64-56-45-25-12-11-24-44(45)55(69(56)87)63-53-41-21-8-7-20-40(41)51(61-49)67(53)87/h5-12,18-25H,13-17,26-37,57-58H2,1-4H3,(H,59,70)(H,60,71)(H,73,74,75). The Hall–Kier alpha value is -7.12. The zero-order valence-electron chi connectivity index (χ0n) is 48.6. The number of ether oxygens (including phenoxy) is 1. The van der Waals surface area contributed by atoms with Gasteiger partial charge in [0.1, 0.15) is 0 Å². The average molecular weight is 1280 g/mol. The SMILES string of the molecule is C[Si](C)(CCCNC(=O)CCCN(CCCS(=O)(=O)O)CCCS(=O)(=O)ON)O[Si-2]123(O[Si](C)(C)CCCNC(=O)COCC(=O)ON)n4c5c6ccccc6c4N=C4c6ccccc6C(=[N+]41)N=c1c4ccccc4c(n12)=NC1=[N+]3C(=N5)c2ccccc21. The number of fused-ring (bicyclic) bond motifs is 12. The molecule has 6 aromatic rings. The third kappa shape index (κ3) is 9.64. The van der Waals surface area contributed by atoms with E-state index in [1.807, 2.05) is 53.4 Å². The number of carbonyl (C=O) groups is 3. The number of hydrogen-bond donors (Lipinski definition) is 5. The summed E-state index contributed by atoms with van der Waals surface area (Å²) in [6, 6.07) is 33.6. The van der Waals surface area contributed by atoms with Crippen LogP contribution in [0.4, 0.5) is 11.6 Å². The van der Waals surface area contributed by atoms with Crippen LogP contribution in [0, 0.1) is 0 Å². The number of hydrogen-bond acceptors (Lipinski definition) is 19. The first kappa shape index (κ1) is 60.2. The summed E-state index contributed by atoms with van der Waals surface area (Å²) in [7, 11) is -22.0. The van der Waals surface area contributed by atoms with E-state index < -0.39 is 68.9 Å². The van der Waals surface area contributed by atoms with Crippen molar-refractivity contribution in [2.24, 2.45) is 31.8 Å². The van der Waals surface area contributed by atoms with Gasteiger partial charge in [-0.2, -0.15) is 32.9 Å². The molecule has 31 heteroatoms. The van der Waals surface area contributed by atoms with E-state index in [1.165, 1.54) is 0 Å². The summed E-state index contributed by atoms with van der Waals surface area (Å²) < 4.78 is 93.0. The van der Waals surface area contributed by atoms with Gasteiger partial charge in [-0.3, -0.25) is 4.55 Å². The van der Waals surface area contributed by atoms with E-state index >= 15 is 0 Å². The molecule has 0 aliphatic carbocycles. The number of nitrogens with one attached hydrogen (secondary N) is 2. The van der Waals surface area contributed by atoms with Gasteiger partial charge in [-0.1, -0.05) is 0 Å². The zero-order chi connectivity index (χ0) is 61.4. The van der Waals surface area contributed by atoms with Crippen molar-refractivity contribution in [1.82, 2.24) is 24.0 Å². The molecular weight excluding hydrogens is 1210 g/mol. The number of nitrogens with two attached hydrogens (primary N) is 2. The van der Waals surface area contributed by atoms with Crippen molar-refractivity contribution in [3.8, 4) is 0 Å². The van der Waals surface area contributed by atoms with Crippen LogP contribution in [0.2, 0.25) is 38.3 Å². The minimum atomic E-state index is -7.06. The molecule has 4 aromatic carbocycles. The van der Waals surface area contributed by atoms with E-state index in [0.29, 0.717) is 90.4 Å². The van der Waals surface area contributed by atoms with Gasteiger partial charge in [0.25, 0.3) is 20.2 Å². The van der Waals surface area contributed by atoms with E-state index in [9.17, 15) is 39.9 Å². The van der Waals surface area contributed by atoms with Crippen LogP contribution < -0.4 is 33.4 Å². The fraction of sp³-hybridized carbons (Fsp3) is 0.375. The number of benzene rings is 4. The van der Waals surface area contributed by atoms with Crippen LogP contribution in [0.25, 0.3) is 21.5 Å². The van der Waals surface area contributed by atoms with E-state index in [0.717, 1.165) is 43.8 Å². The number of rotatable bonds is 29. The molecule has 0 radical (unpaired) electrons. The molecule has 0 fully saturated rings. The summed E-state index contributed by atoms with van der Waals surface area (Å²) in [5, 5.41) is 9.41. The molecule has 12 rings (SSSR count). The summed E-state index contributed by atoms with van der Waals surface area (Å²) in [5.41, 5.74) is 4.49. The molecule has 0 saturated heterocycles. The molecule has 87 heavy (non-hydrogen) atoms. The van der Waals surface area contributed by atoms with Gasteiger partial charge in [0, 0.05) is 0 Å². The van der Waals surface area contributed by atoms with E-state index in [2.05, 4.69) is 111 Å². The van der Waals surface area contributed by atoms with Crippen molar-refractivity contribution in [1.29, 1.82) is 0 Å². The Morgan fingerprint density at radius 1 is 0.598 bits per heavy atom. The third-order valence-corrected chi connectivity index (χ3v) is 35.6. The first-order valence-corrected chi connectivity index (χ1v) is 41.0. The quantitative estimate of drug-likeness (QED) is 0.0195. The van der Waals surface area contributed by atoms with Crippen LogP contribution in [0.3, 0.4) is 0 Å². The van der Waals surface area contributed by atoms with Gasteiger partial charge < -0.3 is 0 Å². The molecule has 7 N–H and O–H groups in total. The summed E-state index contributed by atoms with van der Waals surface area (Å²) >= 11 is 0. The normalized spacial score (nSPS) is 17.6. The Balaban J connectivity index is 0.986. The van der Waals surface area contributed by atoms with Crippen molar-refractivity contribution in [3.05, 3.63) is 130 Å². The second-order valence-electron chi connectivity index (χ2n) is 23.9. The Labute approximate surface area is 503 Å². The number of nitrogens with zero attached hydrogens (tertiary/aromatic N) is 9. The molecule has 2 aromatic heterocycles. The Kier molecular flexibility index (Phi) is 15.1. The molecule has 0 unspecified atom stereocenters. The van der Waals surface area contributed by atoms with Gasteiger partial charge in [0.15, 0.2) is 0 Å². The monoisotopic (exact) mass is 1280 g/mol. The molecule has 0 atom stereocenters. The Morgan fingerprint density at radius 3 is 1.55 bits per heavy atom. The van der Waals surface area contributed by atoms with Crippen LogP contribution in [-0.4, -0.2) is 166 Å². The predicted molar refractivity (Wildman–Crippen MR) is 330 cm³/mol. The van der Waals surface area contributed by atoms with Crippen molar-refractivity contribution < 1.29 is 66.3 Å². The second-order valence-corrected chi connectivity index (χ2v) is 41.5. The maximum atomic E-state index is 13.8. The van der Waals surface area contributed by atoms with Crippen LogP contribution in [0.1, 0.15) is 60.8 Å². The molecule has 460 valence electrons. The fourth-order valence-corrected chi connectivity index (χ4v) is 37.3. The Bertz CT molecular complexity index is 4280. The molecule has 2 amide bonds. The minimum absolute atomic E-state index is 0.102. The van der Waals surface area contributed by atoms with Crippen LogP contribution >= 0.6 is 0 Å². The first-order valence-electron chi connectivity index (χ1n) is 29.0. The summed E-state index contributed by atoms with van der Waals surface area (Å²) in [4.78, 5) is 67.7. The van der Waals surface area contributed by atoms with Crippen molar-refractivity contribution >= 4 is 119 Å². The van der Waals surface area contributed by atoms with E-state index in [-0.39, 0.29) is 57.2 Å². The molecule has 6 aliphatic rings. The van der Waals surface area contributed by atoms with Gasteiger partial charge >= 0.3 is 424 Å². The van der Waals surface area contributed by atoms with Gasteiger partial charge in [0.2, 0.25) is 0 Å². The van der Waals surface area contributed by atoms with Gasteiger partial charge in [-0.25, -0.2) is 0 Å². The van der Waals surface area contributed by atoms with E-state index in [1.54, 1.807) is 0 Å². The first-order chi connectivity index (χ1) is 41.5. The summed E-state index contributed by atoms with van der Waals surface area (Å²) in [5.74, 6) is 11.2.